The van der Waals surface area contributed by atoms with E-state index in [4.69, 9.17) is 5.11 Å². The van der Waals surface area contributed by atoms with Gasteiger partial charge in [-0.15, -0.1) is 0 Å². The average molecular weight is 288 g/mol. The minimum absolute atomic E-state index is 0.0318. The summed E-state index contributed by atoms with van der Waals surface area (Å²) in [6, 6.07) is 7.84. The van der Waals surface area contributed by atoms with Gasteiger partial charge in [0.2, 0.25) is 5.91 Å². The first-order valence-electron chi connectivity index (χ1n) is 7.30. The van der Waals surface area contributed by atoms with Crippen LogP contribution in [0.2, 0.25) is 0 Å². The molecule has 1 amide bonds. The standard InChI is InChI=1S/C16H20N2O3/c19-9-11-5-12(7-15(11)20)18-16(21)6-10-8-17-14-4-2-1-3-13(10)14/h1-4,8,11-12,15,17,19-20H,5-7,9H2,(H,18,21). The SMILES string of the molecule is O=C(Cc1c[nH]c2ccccc12)NC1CC(O)C(CO)C1. The highest BCUT2D eigenvalue weighted by Crippen LogP contribution is 2.26. The van der Waals surface area contributed by atoms with Gasteiger partial charge in [-0.25, -0.2) is 0 Å². The number of para-hydroxylation sites is 1. The van der Waals surface area contributed by atoms with Crippen LogP contribution in [0.3, 0.4) is 0 Å². The summed E-state index contributed by atoms with van der Waals surface area (Å²) in [5.41, 5.74) is 2.00. The van der Waals surface area contributed by atoms with Gasteiger partial charge in [-0.1, -0.05) is 18.2 Å². The predicted octanol–water partition coefficient (Wildman–Crippen LogP) is 0.958. The van der Waals surface area contributed by atoms with Gasteiger partial charge in [-0.3, -0.25) is 4.79 Å². The third kappa shape index (κ3) is 2.94. The van der Waals surface area contributed by atoms with Crippen molar-refractivity contribution in [2.24, 2.45) is 5.92 Å². The van der Waals surface area contributed by atoms with Gasteiger partial charge < -0.3 is 20.5 Å². The van der Waals surface area contributed by atoms with Crippen molar-refractivity contribution in [1.82, 2.24) is 10.3 Å². The normalized spacial score (nSPS) is 25.3. The van der Waals surface area contributed by atoms with Gasteiger partial charge in [0.15, 0.2) is 0 Å². The highest BCUT2D eigenvalue weighted by molar-refractivity contribution is 5.88. The van der Waals surface area contributed by atoms with Crippen molar-refractivity contribution < 1.29 is 15.0 Å². The molecule has 21 heavy (non-hydrogen) atoms. The van der Waals surface area contributed by atoms with Crippen molar-refractivity contribution in [3.8, 4) is 0 Å². The van der Waals surface area contributed by atoms with Crippen LogP contribution in [0.4, 0.5) is 0 Å². The topological polar surface area (TPSA) is 85.4 Å². The number of fused-ring (bicyclic) bond motifs is 1. The molecule has 0 bridgehead atoms. The van der Waals surface area contributed by atoms with E-state index in [1.54, 1.807) is 0 Å². The number of hydrogen-bond acceptors (Lipinski definition) is 3. The third-order valence-electron chi connectivity index (χ3n) is 4.28. The summed E-state index contributed by atoms with van der Waals surface area (Å²) in [5, 5.41) is 22.9. The maximum Gasteiger partial charge on any atom is 0.224 e. The Kier molecular flexibility index (Phi) is 3.94. The zero-order valence-corrected chi connectivity index (χ0v) is 11.7. The number of aliphatic hydroxyl groups excluding tert-OH is 2. The quantitative estimate of drug-likeness (QED) is 0.676. The second kappa shape index (κ2) is 5.87. The number of aliphatic hydroxyl groups is 2. The van der Waals surface area contributed by atoms with Crippen molar-refractivity contribution in [3.63, 3.8) is 0 Å². The molecule has 1 aliphatic carbocycles. The van der Waals surface area contributed by atoms with Crippen molar-refractivity contribution >= 4 is 16.8 Å². The molecule has 0 radical (unpaired) electrons. The number of rotatable bonds is 4. The second-order valence-electron chi connectivity index (χ2n) is 5.78. The molecule has 1 heterocycles. The minimum Gasteiger partial charge on any atom is -0.396 e. The number of aromatic nitrogens is 1. The lowest BCUT2D eigenvalue weighted by Gasteiger charge is -2.12. The van der Waals surface area contributed by atoms with Crippen LogP contribution in [0.25, 0.3) is 10.9 Å². The number of H-pyrrole nitrogens is 1. The minimum atomic E-state index is -0.520. The molecule has 1 aromatic heterocycles. The molecule has 3 atom stereocenters. The molecule has 0 aliphatic heterocycles. The fourth-order valence-electron chi connectivity index (χ4n) is 3.15. The van der Waals surface area contributed by atoms with Crippen LogP contribution in [0.1, 0.15) is 18.4 Å². The van der Waals surface area contributed by atoms with Gasteiger partial charge >= 0.3 is 0 Å². The van der Waals surface area contributed by atoms with E-state index < -0.39 is 6.10 Å². The highest BCUT2D eigenvalue weighted by Gasteiger charge is 2.33. The Morgan fingerprint density at radius 3 is 2.90 bits per heavy atom. The molecule has 4 N–H and O–H groups in total. The lowest BCUT2D eigenvalue weighted by molar-refractivity contribution is -0.121. The van der Waals surface area contributed by atoms with Crippen LogP contribution in [0.15, 0.2) is 30.5 Å². The van der Waals surface area contributed by atoms with Crippen LogP contribution in [-0.2, 0) is 11.2 Å². The molecule has 1 saturated carbocycles. The molecular formula is C16H20N2O3. The number of carbonyl (C=O) groups excluding carboxylic acids is 1. The van der Waals surface area contributed by atoms with Gasteiger partial charge in [-0.05, 0) is 24.5 Å². The van der Waals surface area contributed by atoms with E-state index in [2.05, 4.69) is 10.3 Å². The second-order valence-corrected chi connectivity index (χ2v) is 5.78. The number of carbonyl (C=O) groups is 1. The summed E-state index contributed by atoms with van der Waals surface area (Å²) in [6.45, 7) is -0.0318. The van der Waals surface area contributed by atoms with Crippen molar-refractivity contribution in [1.29, 1.82) is 0 Å². The van der Waals surface area contributed by atoms with E-state index >= 15 is 0 Å². The molecule has 5 nitrogen and oxygen atoms in total. The first kappa shape index (κ1) is 14.1. The Bertz CT molecular complexity index is 637. The van der Waals surface area contributed by atoms with Gasteiger partial charge in [0.05, 0.1) is 12.5 Å². The van der Waals surface area contributed by atoms with E-state index in [-0.39, 0.29) is 24.5 Å². The highest BCUT2D eigenvalue weighted by atomic mass is 16.3. The molecule has 112 valence electrons. The monoisotopic (exact) mass is 288 g/mol. The fourth-order valence-corrected chi connectivity index (χ4v) is 3.15. The van der Waals surface area contributed by atoms with Gasteiger partial charge in [-0.2, -0.15) is 0 Å². The van der Waals surface area contributed by atoms with Crippen LogP contribution in [-0.4, -0.2) is 39.9 Å². The summed E-state index contributed by atoms with van der Waals surface area (Å²) < 4.78 is 0. The lowest BCUT2D eigenvalue weighted by atomic mass is 10.1. The van der Waals surface area contributed by atoms with Crippen LogP contribution < -0.4 is 5.32 Å². The summed E-state index contributed by atoms with van der Waals surface area (Å²) in [4.78, 5) is 15.3. The van der Waals surface area contributed by atoms with Crippen LogP contribution in [0.5, 0.6) is 0 Å². The summed E-state index contributed by atoms with van der Waals surface area (Å²) in [7, 11) is 0. The van der Waals surface area contributed by atoms with Gasteiger partial charge in [0, 0.05) is 35.7 Å². The van der Waals surface area contributed by atoms with Gasteiger partial charge in [0.1, 0.15) is 0 Å². The molecule has 1 aromatic carbocycles. The van der Waals surface area contributed by atoms with E-state index in [0.29, 0.717) is 19.3 Å². The molecular weight excluding hydrogens is 268 g/mol. The average Bonchev–Trinajstić information content (AvgIpc) is 3.03. The Morgan fingerprint density at radius 1 is 1.33 bits per heavy atom. The Balaban J connectivity index is 1.62. The zero-order chi connectivity index (χ0) is 14.8. The third-order valence-corrected chi connectivity index (χ3v) is 4.28. The van der Waals surface area contributed by atoms with E-state index in [1.807, 2.05) is 30.5 Å². The molecule has 3 unspecified atom stereocenters. The van der Waals surface area contributed by atoms with E-state index in [1.165, 1.54) is 0 Å². The molecule has 0 spiro atoms. The molecule has 5 heteroatoms. The lowest BCUT2D eigenvalue weighted by Crippen LogP contribution is -2.34. The van der Waals surface area contributed by atoms with E-state index in [9.17, 15) is 9.90 Å². The number of hydrogen-bond donors (Lipinski definition) is 4. The summed E-state index contributed by atoms with van der Waals surface area (Å²) in [5.74, 6) is -0.168. The van der Waals surface area contributed by atoms with E-state index in [0.717, 1.165) is 16.5 Å². The molecule has 1 fully saturated rings. The number of nitrogens with one attached hydrogen (secondary N) is 2. The van der Waals surface area contributed by atoms with Crippen LogP contribution in [0, 0.1) is 5.92 Å². The van der Waals surface area contributed by atoms with Crippen molar-refractivity contribution in [3.05, 3.63) is 36.0 Å². The molecule has 3 rings (SSSR count). The van der Waals surface area contributed by atoms with Gasteiger partial charge in [0.25, 0.3) is 0 Å². The maximum absolute atomic E-state index is 12.1. The summed E-state index contributed by atoms with van der Waals surface area (Å²) in [6.07, 6.45) is 2.82. The smallest absolute Gasteiger partial charge is 0.224 e. The first-order chi connectivity index (χ1) is 10.2. The van der Waals surface area contributed by atoms with Crippen LogP contribution >= 0.6 is 0 Å². The maximum atomic E-state index is 12.1. The zero-order valence-electron chi connectivity index (χ0n) is 11.7. The molecule has 0 saturated heterocycles. The number of benzene rings is 1. The predicted molar refractivity (Wildman–Crippen MR) is 79.8 cm³/mol. The number of aromatic amines is 1. The Hall–Kier alpha value is -1.85. The van der Waals surface area contributed by atoms with Crippen molar-refractivity contribution in [2.45, 2.75) is 31.4 Å². The Labute approximate surface area is 123 Å². The summed E-state index contributed by atoms with van der Waals surface area (Å²) >= 11 is 0. The number of amides is 1. The fraction of sp³-hybridized carbons (Fsp3) is 0.438. The molecule has 2 aromatic rings. The van der Waals surface area contributed by atoms with Crippen molar-refractivity contribution in [2.75, 3.05) is 6.61 Å². The largest absolute Gasteiger partial charge is 0.396 e. The first-order valence-corrected chi connectivity index (χ1v) is 7.30. The Morgan fingerprint density at radius 2 is 2.14 bits per heavy atom. The molecule has 1 aliphatic rings.